The predicted octanol–water partition coefficient (Wildman–Crippen LogP) is 3.60. The fourth-order valence-corrected chi connectivity index (χ4v) is 2.73. The Hall–Kier alpha value is -1.72. The molecule has 3 rings (SSSR count). The molecule has 0 unspecified atom stereocenters. The van der Waals surface area contributed by atoms with Crippen molar-refractivity contribution in [1.29, 1.82) is 0 Å². The molecule has 0 aliphatic carbocycles. The molecule has 3 aromatic rings. The maximum absolute atomic E-state index is 13.7. The first-order valence-electron chi connectivity index (χ1n) is 6.21. The number of nitrogens with two attached hydrogens (primary N) is 1. The molecule has 0 saturated carbocycles. The van der Waals surface area contributed by atoms with Gasteiger partial charge >= 0.3 is 0 Å². The van der Waals surface area contributed by atoms with Crippen molar-refractivity contribution >= 4 is 27.0 Å². The molecule has 0 atom stereocenters. The van der Waals surface area contributed by atoms with Gasteiger partial charge in [0.2, 0.25) is 0 Å². The first-order chi connectivity index (χ1) is 9.61. The van der Waals surface area contributed by atoms with Gasteiger partial charge < -0.3 is 10.3 Å². The monoisotopic (exact) mass is 333 g/mol. The van der Waals surface area contributed by atoms with Crippen LogP contribution in [0, 0.1) is 5.82 Å². The quantitative estimate of drug-likeness (QED) is 0.778. The summed E-state index contributed by atoms with van der Waals surface area (Å²) in [4.78, 5) is 4.60. The second-order valence-corrected chi connectivity index (χ2v) is 5.42. The number of hydrogen-bond donors (Lipinski definition) is 1. The third-order valence-corrected chi connectivity index (χ3v) is 4.18. The SMILES string of the molecule is Cn1c(-c2cccc(F)c2Br)nc2cc(CN)ccc21. The molecule has 102 valence electrons. The van der Waals surface area contributed by atoms with Crippen molar-refractivity contribution in [2.75, 3.05) is 0 Å². The molecule has 0 aliphatic rings. The normalized spacial score (nSPS) is 11.2. The Morgan fingerprint density at radius 3 is 2.85 bits per heavy atom. The van der Waals surface area contributed by atoms with Crippen LogP contribution in [0.5, 0.6) is 0 Å². The van der Waals surface area contributed by atoms with Crippen LogP contribution in [0.25, 0.3) is 22.4 Å². The number of imidazole rings is 1. The molecule has 0 radical (unpaired) electrons. The van der Waals surface area contributed by atoms with E-state index in [1.165, 1.54) is 6.07 Å². The van der Waals surface area contributed by atoms with Crippen molar-refractivity contribution < 1.29 is 4.39 Å². The van der Waals surface area contributed by atoms with Crippen LogP contribution in [-0.2, 0) is 13.6 Å². The average molecular weight is 334 g/mol. The van der Waals surface area contributed by atoms with Gasteiger partial charge in [-0.2, -0.15) is 0 Å². The van der Waals surface area contributed by atoms with Crippen LogP contribution in [0.4, 0.5) is 4.39 Å². The van der Waals surface area contributed by atoms with Crippen molar-refractivity contribution in [2.45, 2.75) is 6.54 Å². The van der Waals surface area contributed by atoms with Gasteiger partial charge in [-0.3, -0.25) is 0 Å². The molecule has 20 heavy (non-hydrogen) atoms. The van der Waals surface area contributed by atoms with Gasteiger partial charge in [-0.05, 0) is 45.8 Å². The number of halogens is 2. The molecule has 0 aliphatic heterocycles. The van der Waals surface area contributed by atoms with E-state index < -0.39 is 0 Å². The summed E-state index contributed by atoms with van der Waals surface area (Å²) < 4.78 is 16.1. The smallest absolute Gasteiger partial charge is 0.142 e. The first-order valence-corrected chi connectivity index (χ1v) is 7.01. The fraction of sp³-hybridized carbons (Fsp3) is 0.133. The molecule has 5 heteroatoms. The van der Waals surface area contributed by atoms with Crippen molar-refractivity contribution in [1.82, 2.24) is 9.55 Å². The highest BCUT2D eigenvalue weighted by atomic mass is 79.9. The summed E-state index contributed by atoms with van der Waals surface area (Å²) in [5.41, 5.74) is 9.27. The summed E-state index contributed by atoms with van der Waals surface area (Å²) in [5.74, 6) is 0.428. The van der Waals surface area contributed by atoms with Gasteiger partial charge in [0.25, 0.3) is 0 Å². The Bertz CT molecular complexity index is 795. The second-order valence-electron chi connectivity index (χ2n) is 4.62. The van der Waals surface area contributed by atoms with E-state index in [9.17, 15) is 4.39 Å². The predicted molar refractivity (Wildman–Crippen MR) is 81.7 cm³/mol. The summed E-state index contributed by atoms with van der Waals surface area (Å²) in [6.07, 6.45) is 0. The highest BCUT2D eigenvalue weighted by Crippen LogP contribution is 2.31. The van der Waals surface area contributed by atoms with Crippen molar-refractivity contribution in [3.8, 4) is 11.4 Å². The number of nitrogens with zero attached hydrogens (tertiary/aromatic N) is 2. The zero-order valence-electron chi connectivity index (χ0n) is 10.9. The maximum atomic E-state index is 13.7. The number of benzene rings is 2. The highest BCUT2D eigenvalue weighted by molar-refractivity contribution is 9.10. The third-order valence-electron chi connectivity index (χ3n) is 3.37. The van der Waals surface area contributed by atoms with Crippen LogP contribution in [0.15, 0.2) is 40.9 Å². The molecule has 0 bridgehead atoms. The Morgan fingerprint density at radius 1 is 1.30 bits per heavy atom. The van der Waals surface area contributed by atoms with Gasteiger partial charge in [-0.25, -0.2) is 9.37 Å². The summed E-state index contributed by atoms with van der Waals surface area (Å²) in [7, 11) is 1.92. The molecule has 2 aromatic carbocycles. The molecule has 2 N–H and O–H groups in total. The summed E-state index contributed by atoms with van der Waals surface area (Å²) >= 11 is 3.29. The summed E-state index contributed by atoms with van der Waals surface area (Å²) in [6.45, 7) is 0.478. The molecule has 0 fully saturated rings. The summed E-state index contributed by atoms with van der Waals surface area (Å²) in [5, 5.41) is 0. The topological polar surface area (TPSA) is 43.8 Å². The van der Waals surface area contributed by atoms with E-state index in [4.69, 9.17) is 5.73 Å². The van der Waals surface area contributed by atoms with E-state index in [1.807, 2.05) is 35.9 Å². The summed E-state index contributed by atoms with van der Waals surface area (Å²) in [6, 6.07) is 10.9. The Morgan fingerprint density at radius 2 is 2.10 bits per heavy atom. The number of aromatic nitrogens is 2. The lowest BCUT2D eigenvalue weighted by atomic mass is 10.2. The molecular weight excluding hydrogens is 321 g/mol. The van der Waals surface area contributed by atoms with Gasteiger partial charge in [0.1, 0.15) is 11.6 Å². The van der Waals surface area contributed by atoms with Crippen LogP contribution in [-0.4, -0.2) is 9.55 Å². The Labute approximate surface area is 124 Å². The highest BCUT2D eigenvalue weighted by Gasteiger charge is 2.14. The van der Waals surface area contributed by atoms with E-state index in [0.29, 0.717) is 11.0 Å². The lowest BCUT2D eigenvalue weighted by Gasteiger charge is -2.05. The molecule has 0 spiro atoms. The van der Waals surface area contributed by atoms with Crippen LogP contribution < -0.4 is 5.73 Å². The third kappa shape index (κ3) is 2.03. The van der Waals surface area contributed by atoms with Gasteiger partial charge in [-0.1, -0.05) is 12.1 Å². The lowest BCUT2D eigenvalue weighted by molar-refractivity contribution is 0.621. The zero-order chi connectivity index (χ0) is 14.3. The van der Waals surface area contributed by atoms with E-state index in [-0.39, 0.29) is 5.82 Å². The van der Waals surface area contributed by atoms with Gasteiger partial charge in [0, 0.05) is 19.2 Å². The Kier molecular flexibility index (Phi) is 3.31. The van der Waals surface area contributed by atoms with Gasteiger partial charge in [0.05, 0.1) is 15.5 Å². The Balaban J connectivity index is 2.26. The minimum Gasteiger partial charge on any atom is -0.327 e. The van der Waals surface area contributed by atoms with E-state index in [1.54, 1.807) is 6.07 Å². The first kappa shape index (κ1) is 13.3. The van der Waals surface area contributed by atoms with Crippen LogP contribution >= 0.6 is 15.9 Å². The van der Waals surface area contributed by atoms with Crippen molar-refractivity contribution in [2.24, 2.45) is 12.8 Å². The zero-order valence-corrected chi connectivity index (χ0v) is 12.5. The average Bonchev–Trinajstić information content (AvgIpc) is 2.78. The minimum atomic E-state index is -0.294. The lowest BCUT2D eigenvalue weighted by Crippen LogP contribution is -1.96. The molecular formula is C15H13BrFN3. The largest absolute Gasteiger partial charge is 0.327 e. The standard InChI is InChI=1S/C15H13BrFN3/c1-20-13-6-5-9(8-18)7-12(13)19-15(20)10-3-2-4-11(17)14(10)16/h2-7H,8,18H2,1H3. The fourth-order valence-electron chi connectivity index (χ4n) is 2.29. The van der Waals surface area contributed by atoms with E-state index >= 15 is 0 Å². The molecule has 1 heterocycles. The molecule has 1 aromatic heterocycles. The van der Waals surface area contributed by atoms with Gasteiger partial charge in [0.15, 0.2) is 0 Å². The van der Waals surface area contributed by atoms with Crippen LogP contribution in [0.2, 0.25) is 0 Å². The maximum Gasteiger partial charge on any atom is 0.142 e. The molecule has 0 amide bonds. The van der Waals surface area contributed by atoms with E-state index in [0.717, 1.165) is 28.0 Å². The van der Waals surface area contributed by atoms with Crippen LogP contribution in [0.1, 0.15) is 5.56 Å². The van der Waals surface area contributed by atoms with Crippen molar-refractivity contribution in [3.63, 3.8) is 0 Å². The number of hydrogen-bond acceptors (Lipinski definition) is 2. The van der Waals surface area contributed by atoms with E-state index in [2.05, 4.69) is 20.9 Å². The second kappa shape index (κ2) is 5.00. The molecule has 0 saturated heterocycles. The van der Waals surface area contributed by atoms with Crippen LogP contribution in [0.3, 0.4) is 0 Å². The minimum absolute atomic E-state index is 0.294. The molecule has 3 nitrogen and oxygen atoms in total. The van der Waals surface area contributed by atoms with Gasteiger partial charge in [-0.15, -0.1) is 0 Å². The number of rotatable bonds is 2. The van der Waals surface area contributed by atoms with Crippen molar-refractivity contribution in [3.05, 3.63) is 52.3 Å². The number of aryl methyl sites for hydroxylation is 1. The number of fused-ring (bicyclic) bond motifs is 1.